The SMILES string of the molecule is C[C@H](NC(=O)CSC(=S)N(C)C)C12CC3CC(CC(C3)C1)C2. The summed E-state index contributed by atoms with van der Waals surface area (Å²) in [5, 5.41) is 3.29. The molecule has 124 valence electrons. The molecule has 0 aromatic heterocycles. The molecule has 0 aromatic rings. The lowest BCUT2D eigenvalue weighted by molar-refractivity contribution is -0.123. The van der Waals surface area contributed by atoms with Crippen LogP contribution >= 0.6 is 24.0 Å². The van der Waals surface area contributed by atoms with Gasteiger partial charge < -0.3 is 10.2 Å². The quantitative estimate of drug-likeness (QED) is 0.796. The van der Waals surface area contributed by atoms with Crippen LogP contribution in [0.3, 0.4) is 0 Å². The molecule has 4 bridgehead atoms. The maximum absolute atomic E-state index is 12.3. The molecule has 0 unspecified atom stereocenters. The molecule has 3 nitrogen and oxygen atoms in total. The van der Waals surface area contributed by atoms with E-state index < -0.39 is 0 Å². The van der Waals surface area contributed by atoms with E-state index >= 15 is 0 Å². The van der Waals surface area contributed by atoms with E-state index in [0.717, 1.165) is 22.1 Å². The van der Waals surface area contributed by atoms with Crippen LogP contribution in [0, 0.1) is 23.2 Å². The number of hydrogen-bond acceptors (Lipinski definition) is 3. The van der Waals surface area contributed by atoms with E-state index in [1.54, 1.807) is 0 Å². The minimum atomic E-state index is 0.137. The number of hydrogen-bond donors (Lipinski definition) is 1. The van der Waals surface area contributed by atoms with Gasteiger partial charge in [-0.2, -0.15) is 0 Å². The van der Waals surface area contributed by atoms with E-state index in [1.807, 2.05) is 19.0 Å². The summed E-state index contributed by atoms with van der Waals surface area (Å²) in [5.41, 5.74) is 0.386. The zero-order chi connectivity index (χ0) is 15.9. The minimum absolute atomic E-state index is 0.137. The summed E-state index contributed by atoms with van der Waals surface area (Å²) in [6.45, 7) is 2.24. The van der Waals surface area contributed by atoms with Crippen LogP contribution in [0.15, 0.2) is 0 Å². The first-order valence-corrected chi connectivity index (χ1v) is 9.91. The number of carbonyl (C=O) groups is 1. The minimum Gasteiger partial charge on any atom is -0.364 e. The Morgan fingerprint density at radius 2 is 1.73 bits per heavy atom. The summed E-state index contributed by atoms with van der Waals surface area (Å²) in [6, 6.07) is 0.307. The fourth-order valence-corrected chi connectivity index (χ4v) is 6.17. The van der Waals surface area contributed by atoms with Crippen molar-refractivity contribution in [2.24, 2.45) is 23.2 Å². The molecule has 22 heavy (non-hydrogen) atoms. The summed E-state index contributed by atoms with van der Waals surface area (Å²) < 4.78 is 0.776. The fraction of sp³-hybridized carbons (Fsp3) is 0.882. The maximum atomic E-state index is 12.3. The summed E-state index contributed by atoms with van der Waals surface area (Å²) >= 11 is 6.69. The van der Waals surface area contributed by atoms with Crippen molar-refractivity contribution in [1.29, 1.82) is 0 Å². The lowest BCUT2D eigenvalue weighted by atomic mass is 9.48. The van der Waals surface area contributed by atoms with Gasteiger partial charge in [-0.1, -0.05) is 24.0 Å². The Morgan fingerprint density at radius 1 is 1.23 bits per heavy atom. The Kier molecular flexibility index (Phi) is 4.75. The second kappa shape index (κ2) is 6.31. The normalized spacial score (nSPS) is 37.0. The van der Waals surface area contributed by atoms with Gasteiger partial charge in [0.2, 0.25) is 5.91 Å². The Balaban J connectivity index is 1.54. The zero-order valence-electron chi connectivity index (χ0n) is 13.9. The van der Waals surface area contributed by atoms with Crippen molar-refractivity contribution in [3.05, 3.63) is 0 Å². The van der Waals surface area contributed by atoms with Crippen LogP contribution in [0.2, 0.25) is 0 Å². The topological polar surface area (TPSA) is 32.3 Å². The average Bonchev–Trinajstić information content (AvgIpc) is 2.43. The molecule has 4 aliphatic carbocycles. The first-order valence-electron chi connectivity index (χ1n) is 8.51. The fourth-order valence-electron chi connectivity index (χ4n) is 5.40. The lowest BCUT2D eigenvalue weighted by Crippen LogP contribution is -2.56. The van der Waals surface area contributed by atoms with Crippen molar-refractivity contribution in [3.8, 4) is 0 Å². The third kappa shape index (κ3) is 3.30. The maximum Gasteiger partial charge on any atom is 0.230 e. The van der Waals surface area contributed by atoms with Gasteiger partial charge in [0, 0.05) is 20.1 Å². The number of rotatable bonds is 4. The van der Waals surface area contributed by atoms with Gasteiger partial charge in [-0.05, 0) is 68.6 Å². The molecule has 0 radical (unpaired) electrons. The first kappa shape index (κ1) is 16.6. The molecule has 0 heterocycles. The van der Waals surface area contributed by atoms with Gasteiger partial charge in [0.15, 0.2) is 0 Å². The second-order valence-electron chi connectivity index (χ2n) is 8.02. The van der Waals surface area contributed by atoms with Crippen molar-refractivity contribution < 1.29 is 4.79 Å². The molecular formula is C17H28N2OS2. The monoisotopic (exact) mass is 340 g/mol. The molecule has 1 amide bonds. The smallest absolute Gasteiger partial charge is 0.230 e. The van der Waals surface area contributed by atoms with E-state index in [1.165, 1.54) is 50.3 Å². The molecular weight excluding hydrogens is 312 g/mol. The Labute approximate surface area is 144 Å². The van der Waals surface area contributed by atoms with Gasteiger partial charge in [-0.15, -0.1) is 0 Å². The van der Waals surface area contributed by atoms with Crippen LogP contribution in [0.1, 0.15) is 45.4 Å². The largest absolute Gasteiger partial charge is 0.364 e. The molecule has 0 spiro atoms. The zero-order valence-corrected chi connectivity index (χ0v) is 15.6. The Hall–Kier alpha value is -0.290. The number of thiocarbonyl (C=S) groups is 1. The highest BCUT2D eigenvalue weighted by atomic mass is 32.2. The van der Waals surface area contributed by atoms with Gasteiger partial charge in [0.25, 0.3) is 0 Å². The van der Waals surface area contributed by atoms with Crippen LogP contribution < -0.4 is 5.32 Å². The van der Waals surface area contributed by atoms with Crippen molar-refractivity contribution in [2.75, 3.05) is 19.8 Å². The molecule has 4 fully saturated rings. The van der Waals surface area contributed by atoms with Crippen molar-refractivity contribution in [1.82, 2.24) is 10.2 Å². The predicted molar refractivity (Wildman–Crippen MR) is 97.0 cm³/mol. The van der Waals surface area contributed by atoms with Crippen LogP contribution in [0.4, 0.5) is 0 Å². The van der Waals surface area contributed by atoms with E-state index in [9.17, 15) is 4.79 Å². The van der Waals surface area contributed by atoms with E-state index in [0.29, 0.717) is 17.2 Å². The first-order chi connectivity index (χ1) is 10.4. The summed E-state index contributed by atoms with van der Waals surface area (Å²) in [5.74, 6) is 3.37. The summed E-state index contributed by atoms with van der Waals surface area (Å²) in [7, 11) is 3.84. The van der Waals surface area contributed by atoms with Crippen LogP contribution in [-0.2, 0) is 4.79 Å². The van der Waals surface area contributed by atoms with Gasteiger partial charge >= 0.3 is 0 Å². The van der Waals surface area contributed by atoms with Crippen molar-refractivity contribution in [2.45, 2.75) is 51.5 Å². The molecule has 0 aromatic carbocycles. The summed E-state index contributed by atoms with van der Waals surface area (Å²) in [6.07, 6.45) is 8.36. The predicted octanol–water partition coefficient (Wildman–Crippen LogP) is 3.29. The number of nitrogens with one attached hydrogen (secondary N) is 1. The molecule has 4 rings (SSSR count). The lowest BCUT2D eigenvalue weighted by Gasteiger charge is -2.59. The third-order valence-corrected chi connectivity index (χ3v) is 7.81. The van der Waals surface area contributed by atoms with Crippen LogP contribution in [0.5, 0.6) is 0 Å². The highest BCUT2D eigenvalue weighted by molar-refractivity contribution is 8.23. The molecule has 4 aliphatic rings. The highest BCUT2D eigenvalue weighted by Crippen LogP contribution is 2.61. The number of amides is 1. The highest BCUT2D eigenvalue weighted by Gasteiger charge is 2.53. The molecule has 1 atom stereocenters. The number of carbonyl (C=O) groups excluding carboxylic acids is 1. The van der Waals surface area contributed by atoms with Crippen molar-refractivity contribution >= 4 is 34.2 Å². The van der Waals surface area contributed by atoms with Crippen LogP contribution in [-0.4, -0.2) is 41.0 Å². The van der Waals surface area contributed by atoms with E-state index in [2.05, 4.69) is 12.2 Å². The molecule has 4 saturated carbocycles. The van der Waals surface area contributed by atoms with Gasteiger partial charge in [0.05, 0.1) is 5.75 Å². The van der Waals surface area contributed by atoms with Gasteiger partial charge in [-0.25, -0.2) is 0 Å². The van der Waals surface area contributed by atoms with Gasteiger partial charge in [0.1, 0.15) is 4.32 Å². The van der Waals surface area contributed by atoms with E-state index in [-0.39, 0.29) is 5.91 Å². The second-order valence-corrected chi connectivity index (χ2v) is 9.63. The average molecular weight is 341 g/mol. The van der Waals surface area contributed by atoms with Crippen LogP contribution in [0.25, 0.3) is 0 Å². The molecule has 5 heteroatoms. The van der Waals surface area contributed by atoms with E-state index in [4.69, 9.17) is 12.2 Å². The Morgan fingerprint density at radius 3 is 2.18 bits per heavy atom. The third-order valence-electron chi connectivity index (χ3n) is 6.07. The number of thioether (sulfide) groups is 1. The summed E-state index contributed by atoms with van der Waals surface area (Å²) in [4.78, 5) is 14.1. The molecule has 1 N–H and O–H groups in total. The molecule has 0 saturated heterocycles. The van der Waals surface area contributed by atoms with Crippen molar-refractivity contribution in [3.63, 3.8) is 0 Å². The van der Waals surface area contributed by atoms with Gasteiger partial charge in [-0.3, -0.25) is 4.79 Å². The standard InChI is InChI=1S/C17H28N2OS2/c1-11(18-15(20)10-22-16(21)19(2)3)17-7-12-4-13(8-17)6-14(5-12)9-17/h11-14H,4-10H2,1-3H3,(H,18,20)/t11-,12?,13?,14?,17?/m0/s1. The Bertz CT molecular complexity index is 428. The number of nitrogens with zero attached hydrogens (tertiary/aromatic N) is 1. The molecule has 0 aliphatic heterocycles.